The highest BCUT2D eigenvalue weighted by atomic mass is 32.1. The van der Waals surface area contributed by atoms with E-state index in [-0.39, 0.29) is 11.9 Å². The van der Waals surface area contributed by atoms with Crippen LogP contribution in [-0.4, -0.2) is 44.8 Å². The Hall–Kier alpha value is -2.48. The minimum Gasteiger partial charge on any atom is -0.352 e. The molecular formula is C16H18N6OS. The van der Waals surface area contributed by atoms with E-state index in [4.69, 9.17) is 0 Å². The Morgan fingerprint density at radius 1 is 1.42 bits per heavy atom. The first kappa shape index (κ1) is 15.1. The molecule has 0 unspecified atom stereocenters. The van der Waals surface area contributed by atoms with Crippen LogP contribution >= 0.6 is 11.3 Å². The number of carbonyl (C=O) groups excluding carboxylic acids is 1. The van der Waals surface area contributed by atoms with Crippen molar-refractivity contribution in [2.24, 2.45) is 7.05 Å². The van der Waals surface area contributed by atoms with Crippen molar-refractivity contribution in [1.29, 1.82) is 0 Å². The third-order valence-electron chi connectivity index (χ3n) is 4.17. The summed E-state index contributed by atoms with van der Waals surface area (Å²) in [5.74, 6) is 0.830. The lowest BCUT2D eigenvalue weighted by Crippen LogP contribution is -2.59. The molecule has 1 saturated heterocycles. The second-order valence-corrected chi connectivity index (χ2v) is 7.05. The molecule has 0 radical (unpaired) electrons. The molecule has 4 heterocycles. The number of fused-ring (bicyclic) bond motifs is 1. The summed E-state index contributed by atoms with van der Waals surface area (Å²) in [7, 11) is 1.80. The number of aryl methyl sites for hydroxylation is 2. The van der Waals surface area contributed by atoms with Gasteiger partial charge in [-0.15, -0.1) is 11.3 Å². The molecule has 24 heavy (non-hydrogen) atoms. The Morgan fingerprint density at radius 2 is 2.25 bits per heavy atom. The van der Waals surface area contributed by atoms with Crippen LogP contribution in [0.3, 0.4) is 0 Å². The van der Waals surface area contributed by atoms with Gasteiger partial charge in [-0.05, 0) is 18.6 Å². The molecule has 1 N–H and O–H groups in total. The van der Waals surface area contributed by atoms with Gasteiger partial charge in [-0.3, -0.25) is 9.48 Å². The number of thiophene rings is 1. The van der Waals surface area contributed by atoms with Gasteiger partial charge in [0.15, 0.2) is 0 Å². The first-order chi connectivity index (χ1) is 11.6. The summed E-state index contributed by atoms with van der Waals surface area (Å²) in [6.07, 6.45) is 4.39. The number of hydrogen-bond donors (Lipinski definition) is 1. The Labute approximate surface area is 143 Å². The zero-order valence-electron chi connectivity index (χ0n) is 13.6. The number of anilines is 1. The SMILES string of the molecule is CCc1cc2c(N3CC(NC(=O)c4ccn(C)n4)C3)ncnc2s1. The zero-order valence-corrected chi connectivity index (χ0v) is 14.4. The second kappa shape index (κ2) is 5.86. The van der Waals surface area contributed by atoms with Crippen LogP contribution in [0.4, 0.5) is 5.82 Å². The molecule has 1 fully saturated rings. The number of rotatable bonds is 4. The topological polar surface area (TPSA) is 75.9 Å². The van der Waals surface area contributed by atoms with Crippen LogP contribution in [0.15, 0.2) is 24.7 Å². The molecule has 0 saturated carbocycles. The van der Waals surface area contributed by atoms with Gasteiger partial charge >= 0.3 is 0 Å². The van der Waals surface area contributed by atoms with E-state index in [1.54, 1.807) is 41.7 Å². The van der Waals surface area contributed by atoms with Gasteiger partial charge in [0.1, 0.15) is 22.7 Å². The molecule has 0 aliphatic carbocycles. The molecule has 3 aromatic rings. The summed E-state index contributed by atoms with van der Waals surface area (Å²) in [6.45, 7) is 3.65. The maximum Gasteiger partial charge on any atom is 0.272 e. The number of aromatic nitrogens is 4. The van der Waals surface area contributed by atoms with Gasteiger partial charge in [0.2, 0.25) is 0 Å². The number of amides is 1. The number of nitrogens with zero attached hydrogens (tertiary/aromatic N) is 5. The van der Waals surface area contributed by atoms with Crippen LogP contribution in [0.25, 0.3) is 10.2 Å². The molecule has 7 nitrogen and oxygen atoms in total. The summed E-state index contributed by atoms with van der Waals surface area (Å²) >= 11 is 1.72. The maximum atomic E-state index is 12.1. The van der Waals surface area contributed by atoms with Crippen molar-refractivity contribution in [2.45, 2.75) is 19.4 Å². The standard InChI is InChI=1S/C16H18N6OS/c1-3-11-6-12-14(17-9-18-16(12)24-11)22-7-10(8-22)19-15(23)13-4-5-21(2)20-13/h4-6,9-10H,3,7-8H2,1-2H3,(H,19,23). The summed E-state index contributed by atoms with van der Waals surface area (Å²) in [5.41, 5.74) is 0.450. The molecule has 1 amide bonds. The van der Waals surface area contributed by atoms with Crippen molar-refractivity contribution in [1.82, 2.24) is 25.1 Å². The smallest absolute Gasteiger partial charge is 0.272 e. The van der Waals surface area contributed by atoms with Crippen LogP contribution in [0.1, 0.15) is 22.3 Å². The van der Waals surface area contributed by atoms with E-state index in [0.717, 1.165) is 35.5 Å². The van der Waals surface area contributed by atoms with Crippen molar-refractivity contribution < 1.29 is 4.79 Å². The molecular weight excluding hydrogens is 324 g/mol. The fourth-order valence-corrected chi connectivity index (χ4v) is 3.79. The molecule has 0 atom stereocenters. The average Bonchev–Trinajstić information content (AvgIpc) is 3.15. The summed E-state index contributed by atoms with van der Waals surface area (Å²) in [6, 6.07) is 4.01. The Balaban J connectivity index is 1.44. The largest absolute Gasteiger partial charge is 0.352 e. The third kappa shape index (κ3) is 2.62. The minimum atomic E-state index is -0.128. The normalized spacial score (nSPS) is 14.8. The fraction of sp³-hybridized carbons (Fsp3) is 0.375. The number of hydrogen-bond acceptors (Lipinski definition) is 6. The molecule has 3 aromatic heterocycles. The lowest BCUT2D eigenvalue weighted by molar-refractivity contribution is 0.0924. The van der Waals surface area contributed by atoms with E-state index in [0.29, 0.717) is 5.69 Å². The lowest BCUT2D eigenvalue weighted by atomic mass is 10.1. The monoisotopic (exact) mass is 342 g/mol. The van der Waals surface area contributed by atoms with Gasteiger partial charge in [0, 0.05) is 31.2 Å². The highest BCUT2D eigenvalue weighted by molar-refractivity contribution is 7.18. The highest BCUT2D eigenvalue weighted by Crippen LogP contribution is 2.32. The fourth-order valence-electron chi connectivity index (χ4n) is 2.86. The predicted octanol–water partition coefficient (Wildman–Crippen LogP) is 1.61. The van der Waals surface area contributed by atoms with Gasteiger partial charge in [0.25, 0.3) is 5.91 Å². The van der Waals surface area contributed by atoms with Gasteiger partial charge < -0.3 is 10.2 Å². The van der Waals surface area contributed by atoms with E-state index in [1.165, 1.54) is 4.88 Å². The first-order valence-electron chi connectivity index (χ1n) is 7.93. The number of nitrogens with one attached hydrogen (secondary N) is 1. The minimum absolute atomic E-state index is 0.119. The van der Waals surface area contributed by atoms with E-state index in [1.807, 2.05) is 0 Å². The van der Waals surface area contributed by atoms with Gasteiger partial charge in [-0.2, -0.15) is 5.10 Å². The van der Waals surface area contributed by atoms with Crippen LogP contribution in [0.2, 0.25) is 0 Å². The molecule has 1 aliphatic rings. The van der Waals surface area contributed by atoms with Crippen molar-refractivity contribution in [3.8, 4) is 0 Å². The van der Waals surface area contributed by atoms with E-state index in [2.05, 4.69) is 38.3 Å². The Kier molecular flexibility index (Phi) is 3.68. The molecule has 0 spiro atoms. The summed E-state index contributed by atoms with van der Waals surface area (Å²) in [5, 5.41) is 8.24. The van der Waals surface area contributed by atoms with Crippen LogP contribution in [0, 0.1) is 0 Å². The van der Waals surface area contributed by atoms with Gasteiger partial charge in [-0.1, -0.05) is 6.92 Å². The van der Waals surface area contributed by atoms with Crippen LogP contribution in [-0.2, 0) is 13.5 Å². The van der Waals surface area contributed by atoms with Crippen molar-refractivity contribution in [3.05, 3.63) is 35.2 Å². The second-order valence-electron chi connectivity index (χ2n) is 5.93. The van der Waals surface area contributed by atoms with Gasteiger partial charge in [0.05, 0.1) is 11.4 Å². The van der Waals surface area contributed by atoms with Crippen LogP contribution in [0.5, 0.6) is 0 Å². The maximum absolute atomic E-state index is 12.1. The average molecular weight is 342 g/mol. The van der Waals surface area contributed by atoms with Crippen LogP contribution < -0.4 is 10.2 Å². The molecule has 4 rings (SSSR count). The predicted molar refractivity (Wildman–Crippen MR) is 93.5 cm³/mol. The van der Waals surface area contributed by atoms with Crippen molar-refractivity contribution in [3.63, 3.8) is 0 Å². The Morgan fingerprint density at radius 3 is 2.96 bits per heavy atom. The van der Waals surface area contributed by atoms with Gasteiger partial charge in [-0.25, -0.2) is 9.97 Å². The summed E-state index contributed by atoms with van der Waals surface area (Å²) < 4.78 is 1.63. The number of carbonyl (C=O) groups is 1. The van der Waals surface area contributed by atoms with E-state index < -0.39 is 0 Å². The van der Waals surface area contributed by atoms with E-state index >= 15 is 0 Å². The van der Waals surface area contributed by atoms with Crippen molar-refractivity contribution >= 4 is 33.3 Å². The zero-order chi connectivity index (χ0) is 16.7. The lowest BCUT2D eigenvalue weighted by Gasteiger charge is -2.40. The molecule has 8 heteroatoms. The quantitative estimate of drug-likeness (QED) is 0.779. The first-order valence-corrected chi connectivity index (χ1v) is 8.74. The summed E-state index contributed by atoms with van der Waals surface area (Å²) in [4.78, 5) is 25.5. The molecule has 1 aliphatic heterocycles. The Bertz CT molecular complexity index is 895. The molecule has 0 aromatic carbocycles. The molecule has 0 bridgehead atoms. The third-order valence-corrected chi connectivity index (χ3v) is 5.36. The molecule has 124 valence electrons. The van der Waals surface area contributed by atoms with Crippen molar-refractivity contribution in [2.75, 3.05) is 18.0 Å². The van der Waals surface area contributed by atoms with E-state index in [9.17, 15) is 4.79 Å². The highest BCUT2D eigenvalue weighted by Gasteiger charge is 2.31.